The van der Waals surface area contributed by atoms with Crippen molar-refractivity contribution in [3.8, 4) is 5.75 Å². The summed E-state index contributed by atoms with van der Waals surface area (Å²) < 4.78 is 33.9. The van der Waals surface area contributed by atoms with E-state index in [-0.39, 0.29) is 18.3 Å². The van der Waals surface area contributed by atoms with Crippen molar-refractivity contribution in [2.24, 2.45) is 0 Å². The zero-order chi connectivity index (χ0) is 22.5. The van der Waals surface area contributed by atoms with Crippen molar-refractivity contribution in [2.45, 2.75) is 20.1 Å². The van der Waals surface area contributed by atoms with Crippen molar-refractivity contribution in [2.75, 3.05) is 5.32 Å². The molecule has 0 aliphatic rings. The van der Waals surface area contributed by atoms with Crippen molar-refractivity contribution in [1.29, 1.82) is 0 Å². The Hall–Kier alpha value is -4.00. The molecule has 0 radical (unpaired) electrons. The van der Waals surface area contributed by atoms with Crippen LogP contribution in [0.1, 0.15) is 27.0 Å². The van der Waals surface area contributed by atoms with E-state index < -0.39 is 11.6 Å². The molecular weight excluding hydrogens is 412 g/mol. The molecule has 7 heteroatoms. The normalized spacial score (nSPS) is 10.7. The average molecular weight is 433 g/mol. The molecule has 3 aromatic carbocycles. The first-order valence-corrected chi connectivity index (χ1v) is 10.0. The van der Waals surface area contributed by atoms with Gasteiger partial charge in [-0.3, -0.25) is 9.48 Å². The van der Waals surface area contributed by atoms with Gasteiger partial charge >= 0.3 is 0 Å². The zero-order valence-electron chi connectivity index (χ0n) is 17.4. The smallest absolute Gasteiger partial charge is 0.255 e. The van der Waals surface area contributed by atoms with E-state index in [0.717, 1.165) is 17.7 Å². The average Bonchev–Trinajstić information content (AvgIpc) is 3.21. The molecule has 1 aromatic heterocycles. The van der Waals surface area contributed by atoms with Crippen LogP contribution in [0, 0.1) is 18.6 Å². The van der Waals surface area contributed by atoms with Crippen molar-refractivity contribution in [3.05, 3.63) is 113 Å². The molecule has 1 amide bonds. The molecule has 0 saturated carbocycles. The number of rotatable bonds is 7. The second-order valence-corrected chi connectivity index (χ2v) is 7.43. The van der Waals surface area contributed by atoms with E-state index in [1.54, 1.807) is 41.3 Å². The molecule has 0 aliphatic carbocycles. The van der Waals surface area contributed by atoms with Gasteiger partial charge in [-0.1, -0.05) is 42.0 Å². The topological polar surface area (TPSA) is 56.2 Å². The summed E-state index contributed by atoms with van der Waals surface area (Å²) in [5.41, 5.74) is 3.99. The summed E-state index contributed by atoms with van der Waals surface area (Å²) in [5.74, 6) is -1.80. The van der Waals surface area contributed by atoms with Crippen LogP contribution in [0.3, 0.4) is 0 Å². The number of nitrogens with one attached hydrogen (secondary N) is 1. The van der Waals surface area contributed by atoms with Gasteiger partial charge in [0.05, 0.1) is 18.4 Å². The number of carbonyl (C=O) groups is 1. The predicted molar refractivity (Wildman–Crippen MR) is 118 cm³/mol. The van der Waals surface area contributed by atoms with Gasteiger partial charge in [0.1, 0.15) is 12.4 Å². The molecule has 0 unspecified atom stereocenters. The van der Waals surface area contributed by atoms with Gasteiger partial charge in [-0.25, -0.2) is 8.78 Å². The Morgan fingerprint density at radius 3 is 2.62 bits per heavy atom. The van der Waals surface area contributed by atoms with Gasteiger partial charge in [-0.2, -0.15) is 5.10 Å². The Kier molecular flexibility index (Phi) is 6.26. The second-order valence-electron chi connectivity index (χ2n) is 7.43. The molecule has 0 atom stereocenters. The lowest BCUT2D eigenvalue weighted by atomic mass is 10.1. The highest BCUT2D eigenvalue weighted by Crippen LogP contribution is 2.19. The summed E-state index contributed by atoms with van der Waals surface area (Å²) in [5, 5.41) is 7.12. The lowest BCUT2D eigenvalue weighted by molar-refractivity contribution is 0.102. The first-order valence-electron chi connectivity index (χ1n) is 10.0. The number of aromatic nitrogens is 2. The Labute approximate surface area is 184 Å². The number of hydrogen-bond acceptors (Lipinski definition) is 3. The molecule has 0 saturated heterocycles. The number of benzene rings is 3. The fourth-order valence-electron chi connectivity index (χ4n) is 3.15. The largest absolute Gasteiger partial charge is 0.486 e. The van der Waals surface area contributed by atoms with Crippen LogP contribution in [-0.2, 0) is 13.2 Å². The number of aryl methyl sites for hydroxylation is 1. The monoisotopic (exact) mass is 433 g/mol. The third kappa shape index (κ3) is 5.37. The van der Waals surface area contributed by atoms with Crippen LogP contribution in [0.25, 0.3) is 0 Å². The number of nitrogens with zero attached hydrogens (tertiary/aromatic N) is 2. The summed E-state index contributed by atoms with van der Waals surface area (Å²) in [6.45, 7) is 2.68. The highest BCUT2D eigenvalue weighted by atomic mass is 19.1. The minimum atomic E-state index is -0.776. The molecule has 0 bridgehead atoms. The molecular formula is C25H21F2N3O2. The summed E-state index contributed by atoms with van der Waals surface area (Å²) in [7, 11) is 0. The summed E-state index contributed by atoms with van der Waals surface area (Å²) in [6.07, 6.45) is 3.36. The quantitative estimate of drug-likeness (QED) is 0.428. The summed E-state index contributed by atoms with van der Waals surface area (Å²) in [6, 6.07) is 18.1. The van der Waals surface area contributed by atoms with Gasteiger partial charge in [-0.15, -0.1) is 0 Å². The van der Waals surface area contributed by atoms with Crippen LogP contribution < -0.4 is 10.1 Å². The van der Waals surface area contributed by atoms with E-state index in [4.69, 9.17) is 4.74 Å². The van der Waals surface area contributed by atoms with E-state index in [0.29, 0.717) is 23.4 Å². The van der Waals surface area contributed by atoms with Gasteiger partial charge in [0.2, 0.25) is 0 Å². The van der Waals surface area contributed by atoms with Crippen molar-refractivity contribution in [3.63, 3.8) is 0 Å². The molecule has 5 nitrogen and oxygen atoms in total. The molecule has 0 fully saturated rings. The third-order valence-electron chi connectivity index (χ3n) is 4.83. The lowest BCUT2D eigenvalue weighted by Gasteiger charge is -2.09. The van der Waals surface area contributed by atoms with Gasteiger partial charge in [0, 0.05) is 17.8 Å². The standard InChI is InChI=1S/C25H21F2N3O2/c1-17-5-7-18(8-6-17)14-30-15-22(13-28-30)29-25(31)20-4-2-3-19(11-20)16-32-24-10-9-21(26)12-23(24)27/h2-13,15H,14,16H2,1H3,(H,29,31). The van der Waals surface area contributed by atoms with E-state index in [2.05, 4.69) is 10.4 Å². The fourth-order valence-corrected chi connectivity index (χ4v) is 3.15. The number of carbonyl (C=O) groups excluding carboxylic acids is 1. The van der Waals surface area contributed by atoms with Crippen LogP contribution >= 0.6 is 0 Å². The van der Waals surface area contributed by atoms with Gasteiger partial charge in [0.25, 0.3) is 5.91 Å². The van der Waals surface area contributed by atoms with E-state index in [1.807, 2.05) is 31.2 Å². The Morgan fingerprint density at radius 2 is 1.84 bits per heavy atom. The Balaban J connectivity index is 1.37. The van der Waals surface area contributed by atoms with Gasteiger partial charge in [-0.05, 0) is 42.3 Å². The predicted octanol–water partition coefficient (Wildman–Crippen LogP) is 5.35. The first-order chi connectivity index (χ1) is 15.5. The number of hydrogen-bond donors (Lipinski definition) is 1. The first kappa shape index (κ1) is 21.2. The zero-order valence-corrected chi connectivity index (χ0v) is 17.4. The number of anilines is 1. The van der Waals surface area contributed by atoms with Crippen LogP contribution in [-0.4, -0.2) is 15.7 Å². The minimum absolute atomic E-state index is 0.0398. The Bertz CT molecular complexity index is 1240. The summed E-state index contributed by atoms with van der Waals surface area (Å²) in [4.78, 5) is 12.6. The molecule has 1 N–H and O–H groups in total. The number of halogens is 2. The van der Waals surface area contributed by atoms with Gasteiger partial charge < -0.3 is 10.1 Å². The third-order valence-corrected chi connectivity index (χ3v) is 4.83. The van der Waals surface area contributed by atoms with E-state index >= 15 is 0 Å². The highest BCUT2D eigenvalue weighted by molar-refractivity contribution is 6.04. The van der Waals surface area contributed by atoms with Gasteiger partial charge in [0.15, 0.2) is 11.6 Å². The maximum absolute atomic E-state index is 13.7. The van der Waals surface area contributed by atoms with Crippen LogP contribution in [0.4, 0.5) is 14.5 Å². The molecule has 0 aliphatic heterocycles. The lowest BCUT2D eigenvalue weighted by Crippen LogP contribution is -2.12. The molecule has 162 valence electrons. The van der Waals surface area contributed by atoms with Crippen LogP contribution in [0.5, 0.6) is 5.75 Å². The SMILES string of the molecule is Cc1ccc(Cn2cc(NC(=O)c3cccc(COc4ccc(F)cc4F)c3)cn2)cc1. The minimum Gasteiger partial charge on any atom is -0.486 e. The molecule has 4 aromatic rings. The Morgan fingerprint density at radius 1 is 1.03 bits per heavy atom. The fraction of sp³-hybridized carbons (Fsp3) is 0.120. The molecule has 1 heterocycles. The number of amides is 1. The molecule has 32 heavy (non-hydrogen) atoms. The number of ether oxygens (including phenoxy) is 1. The highest BCUT2D eigenvalue weighted by Gasteiger charge is 2.10. The van der Waals surface area contributed by atoms with Crippen molar-refractivity contribution >= 4 is 11.6 Å². The summed E-state index contributed by atoms with van der Waals surface area (Å²) >= 11 is 0. The van der Waals surface area contributed by atoms with Crippen molar-refractivity contribution in [1.82, 2.24) is 9.78 Å². The van der Waals surface area contributed by atoms with Crippen molar-refractivity contribution < 1.29 is 18.3 Å². The van der Waals surface area contributed by atoms with Crippen LogP contribution in [0.15, 0.2) is 79.1 Å². The molecule has 0 spiro atoms. The maximum atomic E-state index is 13.7. The molecule has 4 rings (SSSR count). The van der Waals surface area contributed by atoms with Crippen LogP contribution in [0.2, 0.25) is 0 Å². The van der Waals surface area contributed by atoms with E-state index in [9.17, 15) is 13.6 Å². The second kappa shape index (κ2) is 9.43. The van der Waals surface area contributed by atoms with E-state index in [1.165, 1.54) is 11.6 Å². The maximum Gasteiger partial charge on any atom is 0.255 e.